The smallest absolute Gasteiger partial charge is 0.229 e. The maximum absolute atomic E-state index is 13.1. The monoisotopic (exact) mass is 500 g/mol. The summed E-state index contributed by atoms with van der Waals surface area (Å²) in [5.41, 5.74) is 4.80. The standard InChI is InChI=1S/C26H28N8OS/c1-17-12-18(2)34(31-17)24-13-23(27-16-28-24)32-9-3-4-20(14-32)25(35)29-21-7-5-19(6-8-21)22-15-33-10-11-36-26(33)30-22/h5-8,12-13,15-16,20H,3-4,9-11,14H2,1-2H3,(H,29,35). The van der Waals surface area contributed by atoms with Crippen molar-refractivity contribution in [2.75, 3.05) is 29.1 Å². The third-order valence-electron chi connectivity index (χ3n) is 6.73. The Hall–Kier alpha value is -3.66. The van der Waals surface area contributed by atoms with Crippen molar-refractivity contribution >= 4 is 29.2 Å². The van der Waals surface area contributed by atoms with Crippen LogP contribution in [-0.4, -0.2) is 54.0 Å². The van der Waals surface area contributed by atoms with Gasteiger partial charge < -0.3 is 14.8 Å². The third kappa shape index (κ3) is 4.48. The lowest BCUT2D eigenvalue weighted by atomic mass is 9.97. The van der Waals surface area contributed by atoms with E-state index in [1.165, 1.54) is 0 Å². The van der Waals surface area contributed by atoms with Crippen molar-refractivity contribution in [3.8, 4) is 17.1 Å². The topological polar surface area (TPSA) is 93.8 Å². The van der Waals surface area contributed by atoms with Crippen molar-refractivity contribution in [2.45, 2.75) is 38.4 Å². The molecule has 1 amide bonds. The summed E-state index contributed by atoms with van der Waals surface area (Å²) in [4.78, 5) is 28.9. The molecule has 0 saturated carbocycles. The molecule has 0 aliphatic carbocycles. The van der Waals surface area contributed by atoms with Gasteiger partial charge in [0, 0.05) is 54.6 Å². The molecule has 2 aliphatic heterocycles. The highest BCUT2D eigenvalue weighted by Crippen LogP contribution is 2.30. The molecule has 5 heterocycles. The number of thioether (sulfide) groups is 1. The number of imidazole rings is 1. The fraction of sp³-hybridized carbons (Fsp3) is 0.346. The second-order valence-electron chi connectivity index (χ2n) is 9.38. The number of aryl methyl sites for hydroxylation is 3. The lowest BCUT2D eigenvalue weighted by Crippen LogP contribution is -2.41. The van der Waals surface area contributed by atoms with E-state index in [-0.39, 0.29) is 11.8 Å². The summed E-state index contributed by atoms with van der Waals surface area (Å²) in [5, 5.41) is 8.72. The van der Waals surface area contributed by atoms with Crippen LogP contribution in [-0.2, 0) is 11.3 Å². The van der Waals surface area contributed by atoms with Crippen LogP contribution in [0.25, 0.3) is 17.1 Å². The molecule has 0 bridgehead atoms. The number of hydrogen-bond donors (Lipinski definition) is 1. The summed E-state index contributed by atoms with van der Waals surface area (Å²) in [6.45, 7) is 6.47. The zero-order valence-electron chi connectivity index (χ0n) is 20.4. The summed E-state index contributed by atoms with van der Waals surface area (Å²) >= 11 is 1.79. The van der Waals surface area contributed by atoms with Gasteiger partial charge in [-0.15, -0.1) is 0 Å². The van der Waals surface area contributed by atoms with Crippen LogP contribution in [0.4, 0.5) is 11.5 Å². The van der Waals surface area contributed by atoms with E-state index in [0.717, 1.165) is 76.8 Å². The number of rotatable bonds is 5. The molecule has 1 atom stereocenters. The molecule has 184 valence electrons. The maximum Gasteiger partial charge on any atom is 0.229 e. The minimum atomic E-state index is -0.112. The number of carbonyl (C=O) groups excluding carboxylic acids is 1. The van der Waals surface area contributed by atoms with Gasteiger partial charge in [0.25, 0.3) is 0 Å². The van der Waals surface area contributed by atoms with Gasteiger partial charge in [-0.2, -0.15) is 5.10 Å². The summed E-state index contributed by atoms with van der Waals surface area (Å²) in [6, 6.07) is 11.9. The van der Waals surface area contributed by atoms with Crippen LogP contribution in [0.2, 0.25) is 0 Å². The first kappa shape index (κ1) is 22.8. The fourth-order valence-corrected chi connectivity index (χ4v) is 5.85. The molecule has 36 heavy (non-hydrogen) atoms. The summed E-state index contributed by atoms with van der Waals surface area (Å²) in [6.07, 6.45) is 5.46. The van der Waals surface area contributed by atoms with E-state index in [0.29, 0.717) is 6.54 Å². The predicted octanol–water partition coefficient (Wildman–Crippen LogP) is 4.10. The summed E-state index contributed by atoms with van der Waals surface area (Å²) < 4.78 is 4.02. The van der Waals surface area contributed by atoms with E-state index in [1.807, 2.05) is 54.9 Å². The molecule has 2 aliphatic rings. The molecular weight excluding hydrogens is 472 g/mol. The first-order valence-corrected chi connectivity index (χ1v) is 13.2. The largest absolute Gasteiger partial charge is 0.356 e. The van der Waals surface area contributed by atoms with Gasteiger partial charge in [-0.05, 0) is 44.9 Å². The highest BCUT2D eigenvalue weighted by molar-refractivity contribution is 7.99. The summed E-state index contributed by atoms with van der Waals surface area (Å²) in [5.74, 6) is 2.57. The number of aromatic nitrogens is 6. The van der Waals surface area contributed by atoms with Gasteiger partial charge in [-0.3, -0.25) is 4.79 Å². The minimum absolute atomic E-state index is 0.0395. The molecule has 0 spiro atoms. The molecule has 0 radical (unpaired) electrons. The van der Waals surface area contributed by atoms with Gasteiger partial charge in [0.2, 0.25) is 5.91 Å². The minimum Gasteiger partial charge on any atom is -0.356 e. The molecule has 1 N–H and O–H groups in total. The number of benzene rings is 1. The Labute approximate surface area is 214 Å². The number of nitrogens with zero attached hydrogens (tertiary/aromatic N) is 7. The number of anilines is 2. The van der Waals surface area contributed by atoms with Gasteiger partial charge in [0.05, 0.1) is 17.3 Å². The number of fused-ring (bicyclic) bond motifs is 1. The number of piperidine rings is 1. The second kappa shape index (κ2) is 9.42. The fourth-order valence-electron chi connectivity index (χ4n) is 4.90. The Morgan fingerprint density at radius 2 is 1.92 bits per heavy atom. The normalized spacial score (nSPS) is 17.3. The molecule has 10 heteroatoms. The van der Waals surface area contributed by atoms with Gasteiger partial charge in [0.15, 0.2) is 11.0 Å². The van der Waals surface area contributed by atoms with Crippen molar-refractivity contribution < 1.29 is 4.79 Å². The Bertz CT molecular complexity index is 1390. The molecule has 4 aromatic rings. The number of amides is 1. The van der Waals surface area contributed by atoms with Gasteiger partial charge in [-0.1, -0.05) is 23.9 Å². The summed E-state index contributed by atoms with van der Waals surface area (Å²) in [7, 11) is 0. The van der Waals surface area contributed by atoms with Crippen molar-refractivity contribution in [1.82, 2.24) is 29.3 Å². The second-order valence-corrected chi connectivity index (χ2v) is 10.4. The Balaban J connectivity index is 1.12. The Morgan fingerprint density at radius 3 is 2.69 bits per heavy atom. The molecule has 3 aromatic heterocycles. The quantitative estimate of drug-likeness (QED) is 0.441. The van der Waals surface area contributed by atoms with E-state index < -0.39 is 0 Å². The van der Waals surface area contributed by atoms with Crippen LogP contribution in [0.15, 0.2) is 54.1 Å². The van der Waals surface area contributed by atoms with E-state index in [4.69, 9.17) is 4.98 Å². The van der Waals surface area contributed by atoms with E-state index in [9.17, 15) is 4.79 Å². The highest BCUT2D eigenvalue weighted by atomic mass is 32.2. The van der Waals surface area contributed by atoms with Crippen LogP contribution < -0.4 is 10.2 Å². The van der Waals surface area contributed by atoms with E-state index >= 15 is 0 Å². The number of hydrogen-bond acceptors (Lipinski definition) is 7. The first-order valence-electron chi connectivity index (χ1n) is 12.3. The zero-order valence-corrected chi connectivity index (χ0v) is 21.2. The molecule has 6 rings (SSSR count). The van der Waals surface area contributed by atoms with Crippen LogP contribution in [0.5, 0.6) is 0 Å². The average Bonchev–Trinajstić information content (AvgIpc) is 3.59. The number of carbonyl (C=O) groups is 1. The molecule has 1 aromatic carbocycles. The lowest BCUT2D eigenvalue weighted by molar-refractivity contribution is -0.120. The number of nitrogens with one attached hydrogen (secondary N) is 1. The van der Waals surface area contributed by atoms with Crippen molar-refractivity contribution in [2.24, 2.45) is 5.92 Å². The van der Waals surface area contributed by atoms with E-state index in [1.54, 1.807) is 18.1 Å². The SMILES string of the molecule is Cc1cc(C)n(-c2cc(N3CCCC(C(=O)Nc4ccc(-c5cn6c(n5)SCC6)cc4)C3)ncn2)n1. The Morgan fingerprint density at radius 1 is 1.08 bits per heavy atom. The van der Waals surface area contributed by atoms with Crippen molar-refractivity contribution in [3.05, 3.63) is 60.3 Å². The molecule has 9 nitrogen and oxygen atoms in total. The molecule has 1 saturated heterocycles. The van der Waals surface area contributed by atoms with Crippen LogP contribution in [0, 0.1) is 19.8 Å². The predicted molar refractivity (Wildman–Crippen MR) is 141 cm³/mol. The highest BCUT2D eigenvalue weighted by Gasteiger charge is 2.27. The molecular formula is C26H28N8OS. The Kier molecular flexibility index (Phi) is 5.96. The van der Waals surface area contributed by atoms with Crippen LogP contribution in [0.1, 0.15) is 24.2 Å². The molecule has 1 unspecified atom stereocenters. The van der Waals surface area contributed by atoms with Gasteiger partial charge in [0.1, 0.15) is 12.1 Å². The average molecular weight is 501 g/mol. The van der Waals surface area contributed by atoms with Crippen LogP contribution in [0.3, 0.4) is 0 Å². The van der Waals surface area contributed by atoms with Crippen molar-refractivity contribution in [1.29, 1.82) is 0 Å². The lowest BCUT2D eigenvalue weighted by Gasteiger charge is -2.33. The third-order valence-corrected chi connectivity index (χ3v) is 7.70. The van der Waals surface area contributed by atoms with E-state index in [2.05, 4.69) is 36.0 Å². The van der Waals surface area contributed by atoms with Gasteiger partial charge >= 0.3 is 0 Å². The van der Waals surface area contributed by atoms with Gasteiger partial charge in [-0.25, -0.2) is 19.6 Å². The van der Waals surface area contributed by atoms with Crippen molar-refractivity contribution in [3.63, 3.8) is 0 Å². The van der Waals surface area contributed by atoms with Crippen LogP contribution >= 0.6 is 11.8 Å². The maximum atomic E-state index is 13.1. The first-order chi connectivity index (χ1) is 17.5. The zero-order chi connectivity index (χ0) is 24.6. The molecule has 1 fully saturated rings.